The van der Waals surface area contributed by atoms with Crippen molar-refractivity contribution in [2.75, 3.05) is 0 Å². The standard InChI is InChI=1S/C26H25Cl2N3O2S/c1-26(2,3)20-9-11-21(12-10-20)34(32,33)30-29-15-19-17-31(25-7-5-4-6-22(19)25)16-18-8-13-23(27)24(28)14-18/h4-15,17,30H,16H2,1-3H3/b29-15-. The molecule has 0 unspecified atom stereocenters. The van der Waals surface area contributed by atoms with Gasteiger partial charge in [-0.2, -0.15) is 13.5 Å². The van der Waals surface area contributed by atoms with Gasteiger partial charge in [0.1, 0.15) is 0 Å². The van der Waals surface area contributed by atoms with E-state index in [-0.39, 0.29) is 10.3 Å². The minimum Gasteiger partial charge on any atom is -0.342 e. The van der Waals surface area contributed by atoms with E-state index in [0.29, 0.717) is 16.6 Å². The molecule has 0 aliphatic heterocycles. The zero-order chi connectivity index (χ0) is 24.5. The molecule has 4 rings (SSSR count). The lowest BCUT2D eigenvalue weighted by atomic mass is 9.87. The lowest BCUT2D eigenvalue weighted by molar-refractivity contribution is 0.580. The van der Waals surface area contributed by atoms with E-state index in [4.69, 9.17) is 23.2 Å². The van der Waals surface area contributed by atoms with Gasteiger partial charge in [0.25, 0.3) is 10.0 Å². The Balaban J connectivity index is 1.57. The molecule has 176 valence electrons. The molecule has 0 aliphatic carbocycles. The molecule has 3 aromatic carbocycles. The normalized spacial score (nSPS) is 12.5. The average Bonchev–Trinajstić information content (AvgIpc) is 3.13. The number of halogens is 2. The van der Waals surface area contributed by atoms with Crippen LogP contribution in [0.25, 0.3) is 10.9 Å². The van der Waals surface area contributed by atoms with Gasteiger partial charge in [0.2, 0.25) is 0 Å². The van der Waals surface area contributed by atoms with E-state index < -0.39 is 10.0 Å². The zero-order valence-corrected chi connectivity index (χ0v) is 21.4. The molecule has 1 heterocycles. The van der Waals surface area contributed by atoms with Crippen molar-refractivity contribution in [3.63, 3.8) is 0 Å². The monoisotopic (exact) mass is 513 g/mol. The summed E-state index contributed by atoms with van der Waals surface area (Å²) in [7, 11) is -3.78. The number of hydrogen-bond donors (Lipinski definition) is 1. The van der Waals surface area contributed by atoms with E-state index in [0.717, 1.165) is 27.6 Å². The third-order valence-corrected chi connectivity index (χ3v) is 7.54. The van der Waals surface area contributed by atoms with Crippen LogP contribution >= 0.6 is 23.2 Å². The highest BCUT2D eigenvalue weighted by Crippen LogP contribution is 2.26. The molecule has 8 heteroatoms. The van der Waals surface area contributed by atoms with Gasteiger partial charge in [-0.15, -0.1) is 0 Å². The molecule has 0 aliphatic rings. The van der Waals surface area contributed by atoms with Crippen LogP contribution in [0.3, 0.4) is 0 Å². The summed E-state index contributed by atoms with van der Waals surface area (Å²) in [5.74, 6) is 0. The van der Waals surface area contributed by atoms with Crippen LogP contribution < -0.4 is 4.83 Å². The van der Waals surface area contributed by atoms with Gasteiger partial charge < -0.3 is 4.57 Å². The molecule has 0 atom stereocenters. The summed E-state index contributed by atoms with van der Waals surface area (Å²) in [6.07, 6.45) is 3.46. The van der Waals surface area contributed by atoms with Crippen molar-refractivity contribution in [1.82, 2.24) is 9.40 Å². The smallest absolute Gasteiger partial charge is 0.276 e. The minimum absolute atomic E-state index is 0.0561. The molecule has 1 aromatic heterocycles. The van der Waals surface area contributed by atoms with Gasteiger partial charge in [-0.05, 0) is 46.9 Å². The molecule has 0 radical (unpaired) electrons. The Morgan fingerprint density at radius 2 is 1.68 bits per heavy atom. The fourth-order valence-corrected chi connectivity index (χ4v) is 4.81. The maximum absolute atomic E-state index is 12.7. The van der Waals surface area contributed by atoms with Crippen molar-refractivity contribution in [3.8, 4) is 0 Å². The van der Waals surface area contributed by atoms with Gasteiger partial charge in [-0.3, -0.25) is 0 Å². The minimum atomic E-state index is -3.78. The van der Waals surface area contributed by atoms with Crippen molar-refractivity contribution in [1.29, 1.82) is 0 Å². The van der Waals surface area contributed by atoms with Crippen LogP contribution in [0.4, 0.5) is 0 Å². The number of rotatable bonds is 6. The van der Waals surface area contributed by atoms with Gasteiger partial charge in [-0.1, -0.05) is 80.4 Å². The number of benzene rings is 3. The predicted molar refractivity (Wildman–Crippen MR) is 141 cm³/mol. The first kappa shape index (κ1) is 24.3. The summed E-state index contributed by atoms with van der Waals surface area (Å²) in [4.78, 5) is 2.49. The van der Waals surface area contributed by atoms with E-state index >= 15 is 0 Å². The highest BCUT2D eigenvalue weighted by molar-refractivity contribution is 7.89. The van der Waals surface area contributed by atoms with E-state index in [9.17, 15) is 8.42 Å². The summed E-state index contributed by atoms with van der Waals surface area (Å²) in [5, 5.41) is 6.01. The molecule has 5 nitrogen and oxygen atoms in total. The highest BCUT2D eigenvalue weighted by Gasteiger charge is 2.17. The van der Waals surface area contributed by atoms with Crippen LogP contribution in [0, 0.1) is 0 Å². The second-order valence-corrected chi connectivity index (χ2v) is 11.6. The second-order valence-electron chi connectivity index (χ2n) is 9.11. The number of sulfonamides is 1. The number of para-hydroxylation sites is 1. The van der Waals surface area contributed by atoms with Crippen molar-refractivity contribution in [3.05, 3.63) is 99.7 Å². The van der Waals surface area contributed by atoms with Crippen LogP contribution in [0.2, 0.25) is 10.0 Å². The number of aromatic nitrogens is 1. The predicted octanol–water partition coefficient (Wildman–Crippen LogP) is 6.61. The van der Waals surface area contributed by atoms with Gasteiger partial charge in [-0.25, -0.2) is 4.83 Å². The summed E-state index contributed by atoms with van der Waals surface area (Å²) >= 11 is 12.2. The number of fused-ring (bicyclic) bond motifs is 1. The van der Waals surface area contributed by atoms with Crippen molar-refractivity contribution in [2.45, 2.75) is 37.6 Å². The third-order valence-electron chi connectivity index (χ3n) is 5.56. The number of hydrazone groups is 1. The molecule has 0 amide bonds. The Hall–Kier alpha value is -2.80. The van der Waals surface area contributed by atoms with Crippen LogP contribution in [-0.2, 0) is 22.0 Å². The Labute approximate surface area is 210 Å². The first-order valence-corrected chi connectivity index (χ1v) is 13.0. The van der Waals surface area contributed by atoms with E-state index in [1.54, 1.807) is 18.2 Å². The fraction of sp³-hybridized carbons (Fsp3) is 0.192. The molecule has 0 saturated carbocycles. The number of hydrogen-bond acceptors (Lipinski definition) is 3. The van der Waals surface area contributed by atoms with Crippen LogP contribution in [-0.4, -0.2) is 19.2 Å². The van der Waals surface area contributed by atoms with E-state index in [1.165, 1.54) is 6.21 Å². The Bertz CT molecular complexity index is 1470. The Kier molecular flexibility index (Phi) is 6.76. The first-order valence-electron chi connectivity index (χ1n) is 10.7. The molecular formula is C26H25Cl2N3O2S. The topological polar surface area (TPSA) is 63.5 Å². The maximum atomic E-state index is 12.7. The van der Waals surface area contributed by atoms with Crippen molar-refractivity contribution < 1.29 is 8.42 Å². The van der Waals surface area contributed by atoms with Gasteiger partial charge in [0, 0.05) is 29.2 Å². The molecule has 0 bridgehead atoms. The molecule has 4 aromatic rings. The number of nitrogens with one attached hydrogen (secondary N) is 1. The largest absolute Gasteiger partial charge is 0.342 e. The molecule has 0 spiro atoms. The average molecular weight is 514 g/mol. The SMILES string of the molecule is CC(C)(C)c1ccc(S(=O)(=O)N/N=C\c2cn(Cc3ccc(Cl)c(Cl)c3)c3ccccc23)cc1. The molecule has 34 heavy (non-hydrogen) atoms. The Morgan fingerprint density at radius 1 is 0.971 bits per heavy atom. The lowest BCUT2D eigenvalue weighted by Crippen LogP contribution is -2.19. The van der Waals surface area contributed by atoms with Crippen molar-refractivity contribution in [2.24, 2.45) is 5.10 Å². The van der Waals surface area contributed by atoms with Crippen LogP contribution in [0.1, 0.15) is 37.5 Å². The fourth-order valence-electron chi connectivity index (χ4n) is 3.70. The van der Waals surface area contributed by atoms with Crippen LogP contribution in [0.15, 0.2) is 82.9 Å². The van der Waals surface area contributed by atoms with Gasteiger partial charge in [0.15, 0.2) is 0 Å². The van der Waals surface area contributed by atoms with Gasteiger partial charge in [0.05, 0.1) is 21.2 Å². The molecular weight excluding hydrogens is 489 g/mol. The number of nitrogens with zero attached hydrogens (tertiary/aromatic N) is 2. The molecule has 0 fully saturated rings. The van der Waals surface area contributed by atoms with Crippen LogP contribution in [0.5, 0.6) is 0 Å². The summed E-state index contributed by atoms with van der Waals surface area (Å²) in [5.41, 5.74) is 3.79. The second kappa shape index (κ2) is 9.45. The zero-order valence-electron chi connectivity index (χ0n) is 19.1. The highest BCUT2D eigenvalue weighted by atomic mass is 35.5. The van der Waals surface area contributed by atoms with E-state index in [1.807, 2.05) is 54.7 Å². The van der Waals surface area contributed by atoms with Crippen molar-refractivity contribution >= 4 is 50.3 Å². The summed E-state index contributed by atoms with van der Waals surface area (Å²) in [6.45, 7) is 6.82. The first-order chi connectivity index (χ1) is 16.0. The third kappa shape index (κ3) is 5.30. The molecule has 0 saturated heterocycles. The lowest BCUT2D eigenvalue weighted by Gasteiger charge is -2.19. The summed E-state index contributed by atoms with van der Waals surface area (Å²) < 4.78 is 27.5. The van der Waals surface area contributed by atoms with E-state index in [2.05, 4.69) is 35.3 Å². The quantitative estimate of drug-likeness (QED) is 0.233. The summed E-state index contributed by atoms with van der Waals surface area (Å²) in [6, 6.07) is 20.3. The van der Waals surface area contributed by atoms with Gasteiger partial charge >= 0.3 is 0 Å². The maximum Gasteiger partial charge on any atom is 0.276 e. The Morgan fingerprint density at radius 3 is 2.35 bits per heavy atom. The molecule has 1 N–H and O–H groups in total.